The number of sulfonamides is 1. The molecular weight excluding hydrogens is 447 g/mol. The maximum Gasteiger partial charge on any atom is 0.263 e. The molecule has 0 saturated heterocycles. The van der Waals surface area contributed by atoms with Crippen molar-refractivity contribution in [2.75, 3.05) is 17.1 Å². The summed E-state index contributed by atoms with van der Waals surface area (Å²) in [5.41, 5.74) is 1.85. The van der Waals surface area contributed by atoms with Crippen molar-refractivity contribution >= 4 is 50.5 Å². The predicted octanol–water partition coefficient (Wildman–Crippen LogP) is 5.36. The molecular formula is C21H18Cl2N2O4S. The van der Waals surface area contributed by atoms with Crippen molar-refractivity contribution in [1.29, 1.82) is 0 Å². The van der Waals surface area contributed by atoms with Gasteiger partial charge in [0.1, 0.15) is 10.6 Å². The summed E-state index contributed by atoms with van der Waals surface area (Å²) in [6.07, 6.45) is 0. The number of methoxy groups -OCH3 is 1. The van der Waals surface area contributed by atoms with Gasteiger partial charge in [-0.1, -0.05) is 35.3 Å². The summed E-state index contributed by atoms with van der Waals surface area (Å²) in [7, 11) is -2.52. The Morgan fingerprint density at radius 2 is 1.70 bits per heavy atom. The number of hydrogen-bond acceptors (Lipinski definition) is 4. The Hall–Kier alpha value is -2.74. The van der Waals surface area contributed by atoms with Crippen LogP contribution in [0.1, 0.15) is 15.9 Å². The van der Waals surface area contributed by atoms with Crippen molar-refractivity contribution in [2.45, 2.75) is 11.8 Å². The molecule has 3 aromatic rings. The van der Waals surface area contributed by atoms with E-state index in [1.807, 2.05) is 13.0 Å². The van der Waals surface area contributed by atoms with E-state index in [1.54, 1.807) is 30.3 Å². The standard InChI is InChI=1S/C21H18Cl2N2O4S/c1-13-4-3-5-16(10-13)25-30(27,28)20-11-14(6-8-17(20)22)21(26)24-15-7-9-19(29-2)18(23)12-15/h3-12,25H,1-2H3,(H,24,26). The lowest BCUT2D eigenvalue weighted by Gasteiger charge is -2.12. The summed E-state index contributed by atoms with van der Waals surface area (Å²) in [5.74, 6) is -0.0448. The van der Waals surface area contributed by atoms with Crippen molar-refractivity contribution in [3.8, 4) is 5.75 Å². The first kappa shape index (κ1) is 22.0. The number of nitrogens with one attached hydrogen (secondary N) is 2. The Morgan fingerprint density at radius 1 is 0.933 bits per heavy atom. The number of amides is 1. The number of hydrogen-bond donors (Lipinski definition) is 2. The molecule has 0 heterocycles. The highest BCUT2D eigenvalue weighted by Gasteiger charge is 2.21. The van der Waals surface area contributed by atoms with Crippen LogP contribution in [-0.2, 0) is 10.0 Å². The molecule has 0 unspecified atom stereocenters. The fourth-order valence-electron chi connectivity index (χ4n) is 2.72. The summed E-state index contributed by atoms with van der Waals surface area (Å²) >= 11 is 12.2. The lowest BCUT2D eigenvalue weighted by Crippen LogP contribution is -2.16. The molecule has 6 nitrogen and oxygen atoms in total. The van der Waals surface area contributed by atoms with Gasteiger partial charge in [0.05, 0.1) is 17.2 Å². The van der Waals surface area contributed by atoms with Gasteiger partial charge >= 0.3 is 0 Å². The molecule has 0 aliphatic carbocycles. The van der Waals surface area contributed by atoms with Crippen LogP contribution < -0.4 is 14.8 Å². The van der Waals surface area contributed by atoms with Gasteiger partial charge < -0.3 is 10.1 Å². The molecule has 156 valence electrons. The highest BCUT2D eigenvalue weighted by atomic mass is 35.5. The molecule has 0 aliphatic heterocycles. The van der Waals surface area contributed by atoms with E-state index in [4.69, 9.17) is 27.9 Å². The molecule has 0 aromatic heterocycles. The average Bonchev–Trinajstić information content (AvgIpc) is 2.68. The van der Waals surface area contributed by atoms with Crippen LogP contribution in [0.5, 0.6) is 5.75 Å². The van der Waals surface area contributed by atoms with Crippen LogP contribution in [0, 0.1) is 6.92 Å². The Balaban J connectivity index is 1.87. The summed E-state index contributed by atoms with van der Waals surface area (Å²) in [4.78, 5) is 12.4. The van der Waals surface area contributed by atoms with Crippen LogP contribution in [0.4, 0.5) is 11.4 Å². The van der Waals surface area contributed by atoms with Crippen LogP contribution >= 0.6 is 23.2 Å². The van der Waals surface area contributed by atoms with Gasteiger partial charge in [0, 0.05) is 16.9 Å². The maximum atomic E-state index is 12.8. The van der Waals surface area contributed by atoms with E-state index in [2.05, 4.69) is 10.0 Å². The molecule has 0 bridgehead atoms. The molecule has 1 amide bonds. The Bertz CT molecular complexity index is 1210. The summed E-state index contributed by atoms with van der Waals surface area (Å²) in [6, 6.07) is 15.7. The van der Waals surface area contributed by atoms with Crippen LogP contribution in [0.25, 0.3) is 0 Å². The third-order valence-corrected chi connectivity index (χ3v) is 6.32. The minimum absolute atomic E-state index is 0.000745. The molecule has 0 atom stereocenters. The first-order valence-electron chi connectivity index (χ1n) is 8.73. The molecule has 30 heavy (non-hydrogen) atoms. The third-order valence-electron chi connectivity index (χ3n) is 4.16. The molecule has 0 saturated carbocycles. The first-order chi connectivity index (χ1) is 14.2. The zero-order chi connectivity index (χ0) is 21.9. The van der Waals surface area contributed by atoms with E-state index < -0.39 is 15.9 Å². The summed E-state index contributed by atoms with van der Waals surface area (Å²) < 4.78 is 33.2. The third kappa shape index (κ3) is 5.05. The number of carbonyl (C=O) groups is 1. The second-order valence-corrected chi connectivity index (χ2v) is 8.89. The van der Waals surface area contributed by atoms with E-state index in [-0.39, 0.29) is 15.5 Å². The van der Waals surface area contributed by atoms with Crippen molar-refractivity contribution in [2.24, 2.45) is 0 Å². The highest BCUT2D eigenvalue weighted by Crippen LogP contribution is 2.29. The van der Waals surface area contributed by atoms with Crippen LogP contribution in [0.3, 0.4) is 0 Å². The van der Waals surface area contributed by atoms with E-state index in [1.165, 1.54) is 31.4 Å². The van der Waals surface area contributed by atoms with Crippen molar-refractivity contribution in [1.82, 2.24) is 0 Å². The monoisotopic (exact) mass is 464 g/mol. The normalized spacial score (nSPS) is 11.1. The zero-order valence-corrected chi connectivity index (χ0v) is 18.4. The van der Waals surface area contributed by atoms with E-state index >= 15 is 0 Å². The second kappa shape index (κ2) is 8.95. The zero-order valence-electron chi connectivity index (χ0n) is 16.1. The molecule has 9 heteroatoms. The van der Waals surface area contributed by atoms with Crippen molar-refractivity contribution < 1.29 is 17.9 Å². The van der Waals surface area contributed by atoms with Crippen LogP contribution in [0.15, 0.2) is 65.6 Å². The maximum absolute atomic E-state index is 12.8. The summed E-state index contributed by atoms with van der Waals surface area (Å²) in [6.45, 7) is 1.85. The average molecular weight is 465 g/mol. The highest BCUT2D eigenvalue weighted by molar-refractivity contribution is 7.92. The molecule has 0 aliphatic rings. The lowest BCUT2D eigenvalue weighted by atomic mass is 10.2. The first-order valence-corrected chi connectivity index (χ1v) is 11.0. The number of rotatable bonds is 6. The topological polar surface area (TPSA) is 84.5 Å². The smallest absolute Gasteiger partial charge is 0.263 e. The minimum atomic E-state index is -4.00. The Morgan fingerprint density at radius 3 is 2.37 bits per heavy atom. The number of anilines is 2. The van der Waals surface area contributed by atoms with Crippen LogP contribution in [-0.4, -0.2) is 21.4 Å². The predicted molar refractivity (Wildman–Crippen MR) is 119 cm³/mol. The fraction of sp³-hybridized carbons (Fsp3) is 0.0952. The van der Waals surface area contributed by atoms with Crippen LogP contribution in [0.2, 0.25) is 10.0 Å². The SMILES string of the molecule is COc1ccc(NC(=O)c2ccc(Cl)c(S(=O)(=O)Nc3cccc(C)c3)c2)cc1Cl. The second-order valence-electron chi connectivity index (χ2n) is 6.42. The van der Waals surface area contributed by atoms with Gasteiger partial charge in [0.2, 0.25) is 0 Å². The minimum Gasteiger partial charge on any atom is -0.495 e. The van der Waals surface area contributed by atoms with E-state index in [9.17, 15) is 13.2 Å². The Labute approximate surface area is 184 Å². The largest absolute Gasteiger partial charge is 0.495 e. The van der Waals surface area contributed by atoms with Gasteiger partial charge in [0.25, 0.3) is 15.9 Å². The Kier molecular flexibility index (Phi) is 6.55. The van der Waals surface area contributed by atoms with Gasteiger partial charge in [-0.25, -0.2) is 8.42 Å². The number of carbonyl (C=O) groups excluding carboxylic acids is 1. The quantitative estimate of drug-likeness (QED) is 0.513. The molecule has 0 spiro atoms. The lowest BCUT2D eigenvalue weighted by molar-refractivity contribution is 0.102. The molecule has 0 fully saturated rings. The van der Waals surface area contributed by atoms with Gasteiger partial charge in [-0.3, -0.25) is 9.52 Å². The molecule has 0 radical (unpaired) electrons. The van der Waals surface area contributed by atoms with Gasteiger partial charge in [-0.15, -0.1) is 0 Å². The number of halogens is 2. The molecule has 3 aromatic carbocycles. The van der Waals surface area contributed by atoms with Gasteiger partial charge in [-0.2, -0.15) is 0 Å². The van der Waals surface area contributed by atoms with Crippen molar-refractivity contribution in [3.05, 3.63) is 81.8 Å². The number of ether oxygens (including phenoxy) is 1. The number of aryl methyl sites for hydroxylation is 1. The van der Waals surface area contributed by atoms with Gasteiger partial charge in [0.15, 0.2) is 0 Å². The van der Waals surface area contributed by atoms with Gasteiger partial charge in [-0.05, 0) is 61.0 Å². The van der Waals surface area contributed by atoms with E-state index in [0.717, 1.165) is 5.56 Å². The number of benzene rings is 3. The summed E-state index contributed by atoms with van der Waals surface area (Å²) in [5, 5.41) is 3.00. The van der Waals surface area contributed by atoms with Crippen molar-refractivity contribution in [3.63, 3.8) is 0 Å². The van der Waals surface area contributed by atoms with E-state index in [0.29, 0.717) is 22.1 Å². The molecule has 2 N–H and O–H groups in total. The fourth-order valence-corrected chi connectivity index (χ4v) is 4.55. The molecule has 3 rings (SSSR count).